The Morgan fingerprint density at radius 1 is 1.09 bits per heavy atom. The van der Waals surface area contributed by atoms with E-state index in [1.807, 2.05) is 24.4 Å². The Labute approximate surface area is 191 Å². The maximum Gasteiger partial charge on any atom is 0.184 e. The van der Waals surface area contributed by atoms with Crippen LogP contribution >= 0.6 is 11.3 Å². The molecule has 166 valence electrons. The van der Waals surface area contributed by atoms with E-state index in [2.05, 4.69) is 23.3 Å². The quantitative estimate of drug-likeness (QED) is 0.339. The van der Waals surface area contributed by atoms with Gasteiger partial charge in [0.2, 0.25) is 0 Å². The Balaban J connectivity index is 1.19. The van der Waals surface area contributed by atoms with Crippen molar-refractivity contribution in [3.63, 3.8) is 0 Å². The maximum absolute atomic E-state index is 13.8. The lowest BCUT2D eigenvalue weighted by atomic mass is 9.76. The van der Waals surface area contributed by atoms with E-state index in [1.54, 1.807) is 30.6 Å². The second-order valence-corrected chi connectivity index (χ2v) is 9.94. The molecule has 0 saturated heterocycles. The topological polar surface area (TPSA) is 47.0 Å². The van der Waals surface area contributed by atoms with E-state index >= 15 is 0 Å². The first-order valence-electron chi connectivity index (χ1n) is 11.3. The molecule has 5 rings (SSSR count). The average molecular weight is 450 g/mol. The van der Waals surface area contributed by atoms with Crippen molar-refractivity contribution in [1.29, 1.82) is 0 Å². The number of fused-ring (bicyclic) bond motifs is 2. The highest BCUT2D eigenvalue weighted by Crippen LogP contribution is 2.40. The smallest absolute Gasteiger partial charge is 0.184 e. The zero-order valence-corrected chi connectivity index (χ0v) is 19.3. The van der Waals surface area contributed by atoms with E-state index in [0.717, 1.165) is 51.3 Å². The number of rotatable bonds is 6. The fourth-order valence-corrected chi connectivity index (χ4v) is 6.07. The van der Waals surface area contributed by atoms with E-state index in [4.69, 9.17) is 9.72 Å². The lowest BCUT2D eigenvalue weighted by molar-refractivity contribution is 0.302. The summed E-state index contributed by atoms with van der Waals surface area (Å²) in [5, 5.41) is 5.55. The van der Waals surface area contributed by atoms with Crippen LogP contribution in [0.2, 0.25) is 0 Å². The van der Waals surface area contributed by atoms with Gasteiger partial charge in [0, 0.05) is 17.6 Å². The van der Waals surface area contributed by atoms with E-state index < -0.39 is 0 Å². The minimum atomic E-state index is -0.186. The van der Waals surface area contributed by atoms with Gasteiger partial charge in [-0.05, 0) is 98.9 Å². The van der Waals surface area contributed by atoms with Gasteiger partial charge in [0.25, 0.3) is 0 Å². The van der Waals surface area contributed by atoms with Gasteiger partial charge in [-0.25, -0.2) is 9.37 Å². The molecule has 0 bridgehead atoms. The highest BCUT2D eigenvalue weighted by Gasteiger charge is 2.25. The van der Waals surface area contributed by atoms with Crippen LogP contribution in [0.15, 0.2) is 48.7 Å². The molecule has 2 aromatic carbocycles. The summed E-state index contributed by atoms with van der Waals surface area (Å²) in [5.41, 5.74) is 3.15. The summed E-state index contributed by atoms with van der Waals surface area (Å²) >= 11 is 1.68. The van der Waals surface area contributed by atoms with Crippen LogP contribution in [-0.4, -0.2) is 23.1 Å². The predicted molar refractivity (Wildman–Crippen MR) is 130 cm³/mol. The largest absolute Gasteiger partial charge is 0.497 e. The highest BCUT2D eigenvalue weighted by atomic mass is 32.1. The van der Waals surface area contributed by atoms with E-state index in [1.165, 1.54) is 24.5 Å². The van der Waals surface area contributed by atoms with Gasteiger partial charge in [-0.1, -0.05) is 11.3 Å². The molecule has 1 N–H and O–H groups in total. The van der Waals surface area contributed by atoms with Crippen molar-refractivity contribution in [2.75, 3.05) is 12.4 Å². The van der Waals surface area contributed by atoms with Gasteiger partial charge < -0.3 is 10.1 Å². The third-order valence-corrected chi connectivity index (χ3v) is 7.63. The van der Waals surface area contributed by atoms with Crippen LogP contribution in [0.25, 0.3) is 21.1 Å². The number of thiazole rings is 1. The Morgan fingerprint density at radius 3 is 2.72 bits per heavy atom. The number of hydrogen-bond donors (Lipinski definition) is 1. The molecule has 1 fully saturated rings. The summed E-state index contributed by atoms with van der Waals surface area (Å²) in [6, 6.07) is 13.4. The highest BCUT2D eigenvalue weighted by molar-refractivity contribution is 7.22. The molecule has 0 unspecified atom stereocenters. The van der Waals surface area contributed by atoms with Crippen LogP contribution in [-0.2, 0) is 0 Å². The molecule has 2 aromatic heterocycles. The second-order valence-electron chi connectivity index (χ2n) is 8.91. The molecule has 1 saturated carbocycles. The third kappa shape index (κ3) is 4.42. The molecule has 2 heterocycles. The normalized spacial score (nSPS) is 19.8. The van der Waals surface area contributed by atoms with Gasteiger partial charge in [0.1, 0.15) is 11.6 Å². The van der Waals surface area contributed by atoms with Crippen molar-refractivity contribution in [3.8, 4) is 5.75 Å². The van der Waals surface area contributed by atoms with Gasteiger partial charge >= 0.3 is 0 Å². The molecule has 4 nitrogen and oxygen atoms in total. The number of benzene rings is 2. The SMILES string of the molecule is COc1ccc2nc(N[C@H](C)CC3CCC(c4ccnc5ccc(F)cc45)CC3)sc2c1. The van der Waals surface area contributed by atoms with Crippen molar-refractivity contribution < 1.29 is 9.13 Å². The van der Waals surface area contributed by atoms with Gasteiger partial charge in [-0.3, -0.25) is 4.98 Å². The zero-order chi connectivity index (χ0) is 22.1. The number of pyridine rings is 1. The molecule has 0 aliphatic heterocycles. The van der Waals surface area contributed by atoms with Gasteiger partial charge in [0.15, 0.2) is 5.13 Å². The molecule has 1 aliphatic carbocycles. The number of methoxy groups -OCH3 is 1. The zero-order valence-electron chi connectivity index (χ0n) is 18.5. The molecule has 6 heteroatoms. The van der Waals surface area contributed by atoms with Crippen molar-refractivity contribution >= 4 is 37.6 Å². The van der Waals surface area contributed by atoms with Crippen molar-refractivity contribution in [1.82, 2.24) is 9.97 Å². The molecule has 1 aliphatic rings. The fraction of sp³-hybridized carbons (Fsp3) is 0.385. The predicted octanol–water partition coefficient (Wildman–Crippen LogP) is 7.16. The van der Waals surface area contributed by atoms with Gasteiger partial charge in [-0.2, -0.15) is 0 Å². The number of ether oxygens (including phenoxy) is 1. The van der Waals surface area contributed by atoms with Crippen molar-refractivity contribution in [3.05, 3.63) is 60.0 Å². The average Bonchev–Trinajstić information content (AvgIpc) is 3.20. The van der Waals surface area contributed by atoms with Crippen LogP contribution in [0.5, 0.6) is 5.75 Å². The Morgan fingerprint density at radius 2 is 1.91 bits per heavy atom. The number of nitrogens with one attached hydrogen (secondary N) is 1. The summed E-state index contributed by atoms with van der Waals surface area (Å²) in [6.07, 6.45) is 7.69. The number of nitrogens with zero attached hydrogens (tertiary/aromatic N) is 2. The summed E-state index contributed by atoms with van der Waals surface area (Å²) in [5.74, 6) is 1.87. The first-order chi connectivity index (χ1) is 15.6. The van der Waals surface area contributed by atoms with Crippen molar-refractivity contribution in [2.24, 2.45) is 5.92 Å². The summed E-state index contributed by atoms with van der Waals surface area (Å²) in [7, 11) is 1.69. The Kier molecular flexibility index (Phi) is 5.96. The summed E-state index contributed by atoms with van der Waals surface area (Å²) < 4.78 is 20.3. The number of anilines is 1. The standard InChI is InChI=1S/C26H28FN3OS/c1-16(29-26-30-24-10-8-20(31-2)15-25(24)32-26)13-17-3-5-18(6-4-17)21-11-12-28-23-9-7-19(27)14-22(21)23/h7-12,14-18H,3-6,13H2,1-2H3,(H,29,30)/t16-,17?,18?/m1/s1. The van der Waals surface area contributed by atoms with Crippen LogP contribution in [0.1, 0.15) is 50.5 Å². The Hall–Kier alpha value is -2.73. The molecular formula is C26H28FN3OS. The Bertz CT molecular complexity index is 1230. The lowest BCUT2D eigenvalue weighted by Crippen LogP contribution is -2.22. The molecule has 0 radical (unpaired) electrons. The molecule has 0 spiro atoms. The monoisotopic (exact) mass is 449 g/mol. The van der Waals surface area contributed by atoms with Crippen LogP contribution in [0.3, 0.4) is 0 Å². The molecular weight excluding hydrogens is 421 g/mol. The molecule has 4 aromatic rings. The minimum absolute atomic E-state index is 0.186. The van der Waals surface area contributed by atoms with Gasteiger partial charge in [-0.15, -0.1) is 0 Å². The second kappa shape index (κ2) is 9.02. The first-order valence-corrected chi connectivity index (χ1v) is 12.2. The molecule has 0 amide bonds. The van der Waals surface area contributed by atoms with E-state index in [9.17, 15) is 4.39 Å². The minimum Gasteiger partial charge on any atom is -0.497 e. The number of aromatic nitrogens is 2. The summed E-state index contributed by atoms with van der Waals surface area (Å²) in [6.45, 7) is 2.25. The van der Waals surface area contributed by atoms with Gasteiger partial charge in [0.05, 0.1) is 22.8 Å². The van der Waals surface area contributed by atoms with E-state index in [-0.39, 0.29) is 5.82 Å². The third-order valence-electron chi connectivity index (χ3n) is 6.68. The van der Waals surface area contributed by atoms with Crippen LogP contribution < -0.4 is 10.1 Å². The van der Waals surface area contributed by atoms with Crippen LogP contribution in [0, 0.1) is 11.7 Å². The summed E-state index contributed by atoms with van der Waals surface area (Å²) in [4.78, 5) is 9.13. The molecule has 1 atom stereocenters. The van der Waals surface area contributed by atoms with E-state index in [0.29, 0.717) is 17.9 Å². The van der Waals surface area contributed by atoms with Crippen LogP contribution in [0.4, 0.5) is 9.52 Å². The number of halogens is 1. The first kappa shape index (κ1) is 21.1. The lowest BCUT2D eigenvalue weighted by Gasteiger charge is -2.31. The maximum atomic E-state index is 13.8. The number of hydrogen-bond acceptors (Lipinski definition) is 5. The van der Waals surface area contributed by atoms with Crippen molar-refractivity contribution in [2.45, 2.75) is 51.0 Å². The fourth-order valence-electron chi connectivity index (χ4n) is 5.07. The molecule has 32 heavy (non-hydrogen) atoms.